The van der Waals surface area contributed by atoms with E-state index >= 15 is 0 Å². The number of primary amides is 1. The summed E-state index contributed by atoms with van der Waals surface area (Å²) >= 11 is 0. The smallest absolute Gasteiger partial charge is 0.267 e. The molecule has 0 fully saturated rings. The summed E-state index contributed by atoms with van der Waals surface area (Å²) in [6.07, 6.45) is 0.146. The second kappa shape index (κ2) is 9.64. The number of nitrogens with zero attached hydrogens (tertiary/aromatic N) is 2. The number of carbonyl (C=O) groups is 3. The molecule has 0 spiro atoms. The number of benzene rings is 2. The standard InChI is InChI=1S/C21H22FN5O3/c22-15-6-4-5-14(11-15)12-19(28)24-9-10-25-21(30)17-13-18(20(23)29)27(26-17)16-7-2-1-3-8-16/h1-8,11,18H,9-10,12-13H2,(H2,23,29)(H,24,28)(H,25,30). The molecule has 1 unspecified atom stereocenters. The van der Waals surface area contributed by atoms with Crippen LogP contribution in [0.25, 0.3) is 0 Å². The highest BCUT2D eigenvalue weighted by atomic mass is 19.1. The minimum absolute atomic E-state index is 0.0464. The van der Waals surface area contributed by atoms with E-state index in [-0.39, 0.29) is 37.6 Å². The highest BCUT2D eigenvalue weighted by Gasteiger charge is 2.34. The van der Waals surface area contributed by atoms with Crippen LogP contribution in [0.3, 0.4) is 0 Å². The monoisotopic (exact) mass is 411 g/mol. The Morgan fingerprint density at radius 2 is 1.80 bits per heavy atom. The van der Waals surface area contributed by atoms with Gasteiger partial charge in [-0.15, -0.1) is 0 Å². The number of carbonyl (C=O) groups excluding carboxylic acids is 3. The van der Waals surface area contributed by atoms with Crippen molar-refractivity contribution in [3.63, 3.8) is 0 Å². The van der Waals surface area contributed by atoms with E-state index in [9.17, 15) is 18.8 Å². The number of amides is 3. The van der Waals surface area contributed by atoms with Crippen molar-refractivity contribution in [2.24, 2.45) is 10.8 Å². The molecule has 0 aromatic heterocycles. The average Bonchev–Trinajstić information content (AvgIpc) is 3.18. The predicted molar refractivity (Wildman–Crippen MR) is 110 cm³/mol. The summed E-state index contributed by atoms with van der Waals surface area (Å²) in [7, 11) is 0. The predicted octanol–water partition coefficient (Wildman–Crippen LogP) is 0.721. The number of hydrogen-bond acceptors (Lipinski definition) is 5. The molecule has 0 radical (unpaired) electrons. The fourth-order valence-corrected chi connectivity index (χ4v) is 3.06. The van der Waals surface area contributed by atoms with Gasteiger partial charge in [0.1, 0.15) is 17.6 Å². The molecule has 30 heavy (non-hydrogen) atoms. The lowest BCUT2D eigenvalue weighted by atomic mass is 10.1. The zero-order chi connectivity index (χ0) is 21.5. The molecule has 8 nitrogen and oxygen atoms in total. The third-order valence-electron chi connectivity index (χ3n) is 4.51. The first kappa shape index (κ1) is 21.0. The van der Waals surface area contributed by atoms with Gasteiger partial charge >= 0.3 is 0 Å². The first-order chi connectivity index (χ1) is 14.4. The van der Waals surface area contributed by atoms with Crippen LogP contribution in [0.4, 0.5) is 10.1 Å². The number of para-hydroxylation sites is 1. The summed E-state index contributed by atoms with van der Waals surface area (Å²) in [5.41, 5.74) is 6.87. The zero-order valence-electron chi connectivity index (χ0n) is 16.2. The van der Waals surface area contributed by atoms with Gasteiger partial charge in [-0.3, -0.25) is 19.4 Å². The molecule has 3 rings (SSSR count). The van der Waals surface area contributed by atoms with Crippen molar-refractivity contribution in [2.45, 2.75) is 18.9 Å². The van der Waals surface area contributed by atoms with Gasteiger partial charge < -0.3 is 16.4 Å². The van der Waals surface area contributed by atoms with Crippen LogP contribution in [-0.4, -0.2) is 42.6 Å². The van der Waals surface area contributed by atoms with Crippen molar-refractivity contribution in [3.8, 4) is 0 Å². The van der Waals surface area contributed by atoms with E-state index in [0.29, 0.717) is 11.3 Å². The molecule has 4 N–H and O–H groups in total. The number of hydrazone groups is 1. The molecular weight excluding hydrogens is 389 g/mol. The van der Waals surface area contributed by atoms with Gasteiger partial charge in [0.05, 0.1) is 12.1 Å². The van der Waals surface area contributed by atoms with Crippen LogP contribution in [0.2, 0.25) is 0 Å². The number of hydrogen-bond donors (Lipinski definition) is 3. The Morgan fingerprint density at radius 1 is 1.07 bits per heavy atom. The average molecular weight is 411 g/mol. The summed E-state index contributed by atoms with van der Waals surface area (Å²) in [6.45, 7) is 0.383. The van der Waals surface area contributed by atoms with Gasteiger partial charge in [-0.1, -0.05) is 30.3 Å². The van der Waals surface area contributed by atoms with E-state index in [1.807, 2.05) is 6.07 Å². The molecule has 3 amide bonds. The molecule has 2 aromatic rings. The van der Waals surface area contributed by atoms with Crippen molar-refractivity contribution >= 4 is 29.1 Å². The third-order valence-corrected chi connectivity index (χ3v) is 4.51. The Morgan fingerprint density at radius 3 is 2.50 bits per heavy atom. The lowest BCUT2D eigenvalue weighted by molar-refractivity contribution is -0.121. The Labute approximate surface area is 172 Å². The molecule has 0 aliphatic carbocycles. The van der Waals surface area contributed by atoms with Crippen molar-refractivity contribution < 1.29 is 18.8 Å². The topological polar surface area (TPSA) is 117 Å². The third kappa shape index (κ3) is 5.40. The van der Waals surface area contributed by atoms with Crippen molar-refractivity contribution in [3.05, 3.63) is 66.0 Å². The SMILES string of the molecule is NC(=O)C1CC(C(=O)NCCNC(=O)Cc2cccc(F)c2)=NN1c1ccccc1. The minimum atomic E-state index is -0.737. The quantitative estimate of drug-likeness (QED) is 0.555. The normalized spacial score (nSPS) is 15.4. The molecule has 1 aliphatic rings. The number of halogens is 1. The second-order valence-corrected chi connectivity index (χ2v) is 6.76. The molecule has 156 valence electrons. The van der Waals surface area contributed by atoms with E-state index < -0.39 is 23.7 Å². The van der Waals surface area contributed by atoms with E-state index in [1.54, 1.807) is 36.4 Å². The molecular formula is C21H22FN5O3. The van der Waals surface area contributed by atoms with Crippen molar-refractivity contribution in [1.29, 1.82) is 0 Å². The lowest BCUT2D eigenvalue weighted by Crippen LogP contribution is -2.40. The largest absolute Gasteiger partial charge is 0.368 e. The highest BCUT2D eigenvalue weighted by Crippen LogP contribution is 2.24. The molecule has 9 heteroatoms. The van der Waals surface area contributed by atoms with Gasteiger partial charge in [0, 0.05) is 19.5 Å². The van der Waals surface area contributed by atoms with Gasteiger partial charge in [-0.25, -0.2) is 4.39 Å². The summed E-state index contributed by atoms with van der Waals surface area (Å²) in [6, 6.07) is 14.0. The Balaban J connectivity index is 1.48. The maximum atomic E-state index is 13.2. The number of anilines is 1. The summed E-state index contributed by atoms with van der Waals surface area (Å²) in [4.78, 5) is 36.1. The molecule has 1 aliphatic heterocycles. The van der Waals surface area contributed by atoms with Gasteiger partial charge in [-0.2, -0.15) is 5.10 Å². The van der Waals surface area contributed by atoms with Gasteiger partial charge in [0.15, 0.2) is 0 Å². The molecule has 0 bridgehead atoms. The maximum Gasteiger partial charge on any atom is 0.267 e. The van der Waals surface area contributed by atoms with Crippen molar-refractivity contribution in [2.75, 3.05) is 18.1 Å². The molecule has 0 saturated heterocycles. The minimum Gasteiger partial charge on any atom is -0.368 e. The van der Waals surface area contributed by atoms with E-state index in [1.165, 1.54) is 17.1 Å². The van der Waals surface area contributed by atoms with Crippen LogP contribution in [0.5, 0.6) is 0 Å². The lowest BCUT2D eigenvalue weighted by Gasteiger charge is -2.20. The fourth-order valence-electron chi connectivity index (χ4n) is 3.06. The van der Waals surface area contributed by atoms with Crippen LogP contribution >= 0.6 is 0 Å². The maximum absolute atomic E-state index is 13.2. The molecule has 0 saturated carbocycles. The number of rotatable bonds is 8. The van der Waals surface area contributed by atoms with E-state index in [4.69, 9.17) is 5.73 Å². The summed E-state index contributed by atoms with van der Waals surface area (Å²) in [5, 5.41) is 11.0. The number of nitrogens with one attached hydrogen (secondary N) is 2. The Bertz CT molecular complexity index is 964. The fraction of sp³-hybridized carbons (Fsp3) is 0.238. The van der Waals surface area contributed by atoms with E-state index in [2.05, 4.69) is 15.7 Å². The zero-order valence-corrected chi connectivity index (χ0v) is 16.2. The molecule has 2 aromatic carbocycles. The Hall–Kier alpha value is -3.75. The van der Waals surface area contributed by atoms with Gasteiger partial charge in [0.2, 0.25) is 11.8 Å². The van der Waals surface area contributed by atoms with Crippen LogP contribution < -0.4 is 21.4 Å². The highest BCUT2D eigenvalue weighted by molar-refractivity contribution is 6.40. The summed E-state index contributed by atoms with van der Waals surface area (Å²) in [5.74, 6) is -1.69. The number of nitrogens with two attached hydrogens (primary N) is 1. The van der Waals surface area contributed by atoms with Crippen LogP contribution in [-0.2, 0) is 20.8 Å². The van der Waals surface area contributed by atoms with Gasteiger partial charge in [-0.05, 0) is 29.8 Å². The van der Waals surface area contributed by atoms with Crippen molar-refractivity contribution in [1.82, 2.24) is 10.6 Å². The van der Waals surface area contributed by atoms with Crippen LogP contribution in [0.15, 0.2) is 59.7 Å². The first-order valence-corrected chi connectivity index (χ1v) is 9.44. The second-order valence-electron chi connectivity index (χ2n) is 6.76. The first-order valence-electron chi connectivity index (χ1n) is 9.44. The Kier molecular flexibility index (Phi) is 6.74. The van der Waals surface area contributed by atoms with E-state index in [0.717, 1.165) is 0 Å². The molecule has 1 heterocycles. The van der Waals surface area contributed by atoms with Crippen LogP contribution in [0, 0.1) is 5.82 Å². The summed E-state index contributed by atoms with van der Waals surface area (Å²) < 4.78 is 13.2. The van der Waals surface area contributed by atoms with Gasteiger partial charge in [0.25, 0.3) is 5.91 Å². The molecule has 1 atom stereocenters. The van der Waals surface area contributed by atoms with Crippen LogP contribution in [0.1, 0.15) is 12.0 Å².